The van der Waals surface area contributed by atoms with Crippen molar-refractivity contribution in [3.05, 3.63) is 16.1 Å². The minimum atomic E-state index is 0.963. The van der Waals surface area contributed by atoms with Crippen LogP contribution in [0.25, 0.3) is 0 Å². The smallest absolute Gasteiger partial charge is 0.107 e. The molecule has 1 N–H and O–H groups in total. The number of thiazole rings is 1. The molecule has 1 aliphatic rings. The summed E-state index contributed by atoms with van der Waals surface area (Å²) in [4.78, 5) is 4.57. The van der Waals surface area contributed by atoms with Crippen LogP contribution in [0.2, 0.25) is 0 Å². The molecule has 1 aromatic heterocycles. The highest BCUT2D eigenvalue weighted by molar-refractivity contribution is 7.09. The van der Waals surface area contributed by atoms with Gasteiger partial charge < -0.3 is 5.32 Å². The Morgan fingerprint density at radius 1 is 1.57 bits per heavy atom. The topological polar surface area (TPSA) is 24.9 Å². The molecule has 0 amide bonds. The second-order valence-electron chi connectivity index (χ2n) is 4.06. The van der Waals surface area contributed by atoms with Crippen molar-refractivity contribution in [2.45, 2.75) is 39.2 Å². The van der Waals surface area contributed by atoms with Crippen molar-refractivity contribution >= 4 is 11.3 Å². The molecule has 78 valence electrons. The summed E-state index contributed by atoms with van der Waals surface area (Å²) in [5.74, 6) is 0.963. The maximum absolute atomic E-state index is 4.57. The zero-order valence-corrected chi connectivity index (χ0v) is 9.57. The Labute approximate surface area is 89.8 Å². The third-order valence-corrected chi connectivity index (χ3v) is 3.41. The first kappa shape index (κ1) is 10.1. The molecule has 3 heteroatoms. The Bertz CT molecular complexity index is 279. The molecule has 0 saturated heterocycles. The molecular weight excluding hydrogens is 192 g/mol. The summed E-state index contributed by atoms with van der Waals surface area (Å²) in [5.41, 5.74) is 1.26. The molecule has 1 aliphatic carbocycles. The number of aromatic nitrogens is 1. The van der Waals surface area contributed by atoms with E-state index in [1.807, 2.05) is 0 Å². The fourth-order valence-electron chi connectivity index (χ4n) is 1.51. The molecule has 1 saturated carbocycles. The Kier molecular flexibility index (Phi) is 3.54. The van der Waals surface area contributed by atoms with Gasteiger partial charge in [-0.25, -0.2) is 4.98 Å². The van der Waals surface area contributed by atoms with Crippen molar-refractivity contribution in [3.8, 4) is 0 Å². The van der Waals surface area contributed by atoms with Gasteiger partial charge >= 0.3 is 0 Å². The van der Waals surface area contributed by atoms with E-state index in [4.69, 9.17) is 0 Å². The van der Waals surface area contributed by atoms with Crippen molar-refractivity contribution in [1.29, 1.82) is 0 Å². The summed E-state index contributed by atoms with van der Waals surface area (Å²) in [7, 11) is 0. The first-order chi connectivity index (χ1) is 6.88. The van der Waals surface area contributed by atoms with Crippen LogP contribution in [0.3, 0.4) is 0 Å². The van der Waals surface area contributed by atoms with Crippen LogP contribution in [0.15, 0.2) is 5.38 Å². The highest BCUT2D eigenvalue weighted by atomic mass is 32.1. The van der Waals surface area contributed by atoms with Crippen molar-refractivity contribution in [2.24, 2.45) is 5.92 Å². The van der Waals surface area contributed by atoms with Crippen LogP contribution in [0, 0.1) is 5.92 Å². The van der Waals surface area contributed by atoms with Gasteiger partial charge in [-0.05, 0) is 31.7 Å². The highest BCUT2D eigenvalue weighted by Gasteiger charge is 2.20. The number of rotatable bonds is 6. The summed E-state index contributed by atoms with van der Waals surface area (Å²) in [6.07, 6.45) is 5.16. The molecule has 14 heavy (non-hydrogen) atoms. The van der Waals surface area contributed by atoms with Gasteiger partial charge in [0.2, 0.25) is 0 Å². The molecule has 1 fully saturated rings. The number of aryl methyl sites for hydroxylation is 1. The quantitative estimate of drug-likeness (QED) is 0.780. The van der Waals surface area contributed by atoms with Crippen molar-refractivity contribution in [3.63, 3.8) is 0 Å². The average Bonchev–Trinajstić information content (AvgIpc) is 2.88. The second-order valence-corrected chi connectivity index (χ2v) is 5.00. The average molecular weight is 210 g/mol. The number of hydrogen-bond donors (Lipinski definition) is 1. The lowest BCUT2D eigenvalue weighted by molar-refractivity contribution is 0.635. The molecule has 2 nitrogen and oxygen atoms in total. The van der Waals surface area contributed by atoms with E-state index < -0.39 is 0 Å². The van der Waals surface area contributed by atoms with Crippen LogP contribution in [-0.4, -0.2) is 11.5 Å². The van der Waals surface area contributed by atoms with E-state index in [-0.39, 0.29) is 0 Å². The van der Waals surface area contributed by atoms with Gasteiger partial charge in [-0.15, -0.1) is 11.3 Å². The maximum atomic E-state index is 4.57. The van der Waals surface area contributed by atoms with Crippen LogP contribution in [-0.2, 0) is 13.0 Å². The van der Waals surface area contributed by atoms with Gasteiger partial charge in [-0.2, -0.15) is 0 Å². The summed E-state index contributed by atoms with van der Waals surface area (Å²) in [6, 6.07) is 0. The molecule has 0 aromatic carbocycles. The first-order valence-corrected chi connectivity index (χ1v) is 6.40. The number of hydrogen-bond acceptors (Lipinski definition) is 3. The molecule has 1 aromatic rings. The zero-order chi connectivity index (χ0) is 9.80. The van der Waals surface area contributed by atoms with Crippen LogP contribution >= 0.6 is 11.3 Å². The van der Waals surface area contributed by atoms with E-state index in [0.717, 1.165) is 18.9 Å². The Morgan fingerprint density at radius 2 is 2.43 bits per heavy atom. The van der Waals surface area contributed by atoms with Crippen molar-refractivity contribution in [2.75, 3.05) is 6.54 Å². The fraction of sp³-hybridized carbons (Fsp3) is 0.727. The molecule has 0 spiro atoms. The van der Waals surface area contributed by atoms with E-state index >= 15 is 0 Å². The normalized spacial score (nSPS) is 16.1. The van der Waals surface area contributed by atoms with E-state index in [0.29, 0.717) is 0 Å². The van der Waals surface area contributed by atoms with Crippen LogP contribution in [0.5, 0.6) is 0 Å². The Hall–Kier alpha value is -0.410. The van der Waals surface area contributed by atoms with Gasteiger partial charge in [0.15, 0.2) is 0 Å². The van der Waals surface area contributed by atoms with E-state index in [1.54, 1.807) is 11.3 Å². The molecular formula is C11H18N2S. The molecule has 0 bridgehead atoms. The molecule has 1 heterocycles. The third kappa shape index (κ3) is 3.07. The first-order valence-electron chi connectivity index (χ1n) is 5.52. The number of nitrogens with one attached hydrogen (secondary N) is 1. The molecule has 0 unspecified atom stereocenters. The summed E-state index contributed by atoms with van der Waals surface area (Å²) >= 11 is 1.79. The monoisotopic (exact) mass is 210 g/mol. The zero-order valence-electron chi connectivity index (χ0n) is 8.75. The predicted octanol–water partition coefficient (Wildman–Crippen LogP) is 2.60. The highest BCUT2D eigenvalue weighted by Crippen LogP contribution is 2.27. The lowest BCUT2D eigenvalue weighted by Gasteiger charge is -1.98. The predicted molar refractivity (Wildman–Crippen MR) is 60.5 cm³/mol. The van der Waals surface area contributed by atoms with Crippen molar-refractivity contribution < 1.29 is 0 Å². The molecule has 0 aliphatic heterocycles. The second kappa shape index (κ2) is 4.89. The Balaban J connectivity index is 1.71. The largest absolute Gasteiger partial charge is 0.310 e. The molecule has 0 atom stereocenters. The Morgan fingerprint density at radius 3 is 3.14 bits per heavy atom. The van der Waals surface area contributed by atoms with E-state index in [9.17, 15) is 0 Å². The fourth-order valence-corrected chi connectivity index (χ4v) is 2.30. The van der Waals surface area contributed by atoms with Gasteiger partial charge in [0.1, 0.15) is 5.01 Å². The standard InChI is InChI=1S/C11H18N2S/c1-2-3-10-8-14-11(13-10)7-12-6-9-4-5-9/h8-9,12H,2-7H2,1H3. The van der Waals surface area contributed by atoms with E-state index in [1.165, 1.54) is 36.5 Å². The SMILES string of the molecule is CCCc1csc(CNCC2CC2)n1. The lowest BCUT2D eigenvalue weighted by Crippen LogP contribution is -2.15. The summed E-state index contributed by atoms with van der Waals surface area (Å²) in [5, 5.41) is 6.90. The maximum Gasteiger partial charge on any atom is 0.107 e. The van der Waals surface area contributed by atoms with Gasteiger partial charge in [-0.1, -0.05) is 13.3 Å². The summed E-state index contributed by atoms with van der Waals surface area (Å²) < 4.78 is 0. The lowest BCUT2D eigenvalue weighted by atomic mass is 10.3. The summed E-state index contributed by atoms with van der Waals surface area (Å²) in [6.45, 7) is 4.35. The molecule has 2 rings (SSSR count). The van der Waals surface area contributed by atoms with Gasteiger partial charge in [0, 0.05) is 11.9 Å². The van der Waals surface area contributed by atoms with Gasteiger partial charge in [-0.3, -0.25) is 0 Å². The third-order valence-electron chi connectivity index (χ3n) is 2.51. The van der Waals surface area contributed by atoms with Gasteiger partial charge in [0.05, 0.1) is 5.69 Å². The van der Waals surface area contributed by atoms with Crippen molar-refractivity contribution in [1.82, 2.24) is 10.3 Å². The van der Waals surface area contributed by atoms with E-state index in [2.05, 4.69) is 22.6 Å². The van der Waals surface area contributed by atoms with Crippen LogP contribution in [0.1, 0.15) is 36.9 Å². The minimum absolute atomic E-state index is 0.963. The van der Waals surface area contributed by atoms with Crippen LogP contribution in [0.4, 0.5) is 0 Å². The number of nitrogens with zero attached hydrogens (tertiary/aromatic N) is 1. The van der Waals surface area contributed by atoms with Crippen LogP contribution < -0.4 is 5.32 Å². The minimum Gasteiger partial charge on any atom is -0.310 e. The molecule has 0 radical (unpaired) electrons. The van der Waals surface area contributed by atoms with Gasteiger partial charge in [0.25, 0.3) is 0 Å².